The second-order valence-corrected chi connectivity index (χ2v) is 8.73. The zero-order chi connectivity index (χ0) is 20.8. The van der Waals surface area contributed by atoms with Gasteiger partial charge in [-0.3, -0.25) is 14.6 Å². The molecule has 2 aliphatic rings. The van der Waals surface area contributed by atoms with Gasteiger partial charge in [0.25, 0.3) is 0 Å². The first kappa shape index (κ1) is 21.1. The third-order valence-electron chi connectivity index (χ3n) is 6.51. The van der Waals surface area contributed by atoms with E-state index in [4.69, 9.17) is 4.42 Å². The minimum absolute atomic E-state index is 0.130. The lowest BCUT2D eigenvalue weighted by Gasteiger charge is -2.41. The van der Waals surface area contributed by atoms with Crippen molar-refractivity contribution in [1.29, 1.82) is 0 Å². The van der Waals surface area contributed by atoms with Crippen LogP contribution in [0.2, 0.25) is 0 Å². The van der Waals surface area contributed by atoms with Gasteiger partial charge in [0.15, 0.2) is 5.89 Å². The summed E-state index contributed by atoms with van der Waals surface area (Å²) < 4.78 is 5.33. The number of rotatable bonds is 7. The van der Waals surface area contributed by atoms with Crippen LogP contribution < -0.4 is 5.32 Å². The van der Waals surface area contributed by atoms with E-state index in [9.17, 15) is 4.79 Å². The van der Waals surface area contributed by atoms with E-state index in [1.807, 2.05) is 25.1 Å². The average Bonchev–Trinajstić information content (AvgIpc) is 3.19. The monoisotopic (exact) mass is 410 g/mol. The van der Waals surface area contributed by atoms with Gasteiger partial charge in [0.05, 0.1) is 11.6 Å². The van der Waals surface area contributed by atoms with Crippen LogP contribution in [0.3, 0.4) is 0 Å². The second-order valence-electron chi connectivity index (χ2n) is 8.73. The van der Waals surface area contributed by atoms with E-state index in [1.54, 1.807) is 6.26 Å². The molecular weight excluding hydrogens is 376 g/mol. The van der Waals surface area contributed by atoms with E-state index in [1.165, 1.54) is 18.4 Å². The van der Waals surface area contributed by atoms with E-state index < -0.39 is 0 Å². The molecule has 1 N–H and O–H groups in total. The van der Waals surface area contributed by atoms with E-state index in [0.717, 1.165) is 70.1 Å². The maximum atomic E-state index is 12.7. The molecule has 162 valence electrons. The molecule has 30 heavy (non-hydrogen) atoms. The summed E-state index contributed by atoms with van der Waals surface area (Å²) >= 11 is 0. The van der Waals surface area contributed by atoms with Crippen molar-refractivity contribution in [2.75, 3.05) is 32.7 Å². The number of likely N-dealkylation sites (tertiary alicyclic amines) is 2. The molecule has 1 amide bonds. The zero-order valence-corrected chi connectivity index (χ0v) is 18.1. The molecule has 0 aliphatic carbocycles. The van der Waals surface area contributed by atoms with E-state index in [-0.39, 0.29) is 11.8 Å². The first-order valence-electron chi connectivity index (χ1n) is 11.4. The zero-order valence-electron chi connectivity index (χ0n) is 18.1. The standard InChI is InChI=1S/C24H34N4O2/c1-19-26-22(18-30-19)17-27-14-10-23(11-15-27)28-13-5-8-21(16-28)24(29)25-12-9-20-6-3-2-4-7-20/h2-4,6-7,18,21,23H,5,8-17H2,1H3,(H,25,29)/t21-/m0/s1. The third kappa shape index (κ3) is 5.70. The second kappa shape index (κ2) is 10.2. The molecule has 0 radical (unpaired) electrons. The van der Waals surface area contributed by atoms with Gasteiger partial charge >= 0.3 is 0 Å². The molecular formula is C24H34N4O2. The summed E-state index contributed by atoms with van der Waals surface area (Å²) in [5, 5.41) is 3.17. The SMILES string of the molecule is Cc1nc(CN2CCC(N3CCC[C@H](C(=O)NCCc4ccccc4)C3)CC2)co1. The number of nitrogens with zero attached hydrogens (tertiary/aromatic N) is 3. The number of carbonyl (C=O) groups excluding carboxylic acids is 1. The molecule has 2 aromatic rings. The van der Waals surface area contributed by atoms with E-state index in [2.05, 4.69) is 32.2 Å². The molecule has 1 atom stereocenters. The van der Waals surface area contributed by atoms with Gasteiger partial charge in [-0.25, -0.2) is 4.98 Å². The Morgan fingerprint density at radius 1 is 1.17 bits per heavy atom. The lowest BCUT2D eigenvalue weighted by atomic mass is 9.93. The summed E-state index contributed by atoms with van der Waals surface area (Å²) in [4.78, 5) is 22.2. The van der Waals surface area contributed by atoms with Gasteiger partial charge in [0, 0.05) is 45.7 Å². The molecule has 2 saturated heterocycles. The smallest absolute Gasteiger partial charge is 0.224 e. The molecule has 0 bridgehead atoms. The predicted molar refractivity (Wildman–Crippen MR) is 117 cm³/mol. The number of aryl methyl sites for hydroxylation is 1. The van der Waals surface area contributed by atoms with Crippen LogP contribution in [0.15, 0.2) is 41.0 Å². The number of nitrogens with one attached hydrogen (secondary N) is 1. The lowest BCUT2D eigenvalue weighted by Crippen LogP contribution is -2.50. The number of aromatic nitrogens is 1. The van der Waals surface area contributed by atoms with Crippen LogP contribution >= 0.6 is 0 Å². The highest BCUT2D eigenvalue weighted by atomic mass is 16.3. The number of oxazole rings is 1. The van der Waals surface area contributed by atoms with Crippen LogP contribution in [-0.4, -0.2) is 59.5 Å². The van der Waals surface area contributed by atoms with E-state index >= 15 is 0 Å². The van der Waals surface area contributed by atoms with Gasteiger partial charge in [-0.2, -0.15) is 0 Å². The lowest BCUT2D eigenvalue weighted by molar-refractivity contribution is -0.127. The fraction of sp³-hybridized carbons (Fsp3) is 0.583. The number of hydrogen-bond acceptors (Lipinski definition) is 5. The minimum atomic E-state index is 0.130. The Morgan fingerprint density at radius 3 is 2.70 bits per heavy atom. The maximum absolute atomic E-state index is 12.7. The van der Waals surface area contributed by atoms with Crippen molar-refractivity contribution in [2.24, 2.45) is 5.92 Å². The Balaban J connectivity index is 1.19. The predicted octanol–water partition coefficient (Wildman–Crippen LogP) is 3.02. The Bertz CT molecular complexity index is 799. The Hall–Kier alpha value is -2.18. The van der Waals surface area contributed by atoms with Gasteiger partial charge < -0.3 is 9.73 Å². The maximum Gasteiger partial charge on any atom is 0.224 e. The third-order valence-corrected chi connectivity index (χ3v) is 6.51. The summed E-state index contributed by atoms with van der Waals surface area (Å²) in [6.45, 7) is 7.68. The summed E-state index contributed by atoms with van der Waals surface area (Å²) in [6, 6.07) is 11.0. The van der Waals surface area contributed by atoms with Crippen molar-refractivity contribution in [3.05, 3.63) is 53.7 Å². The molecule has 3 heterocycles. The van der Waals surface area contributed by atoms with Gasteiger partial charge in [-0.15, -0.1) is 0 Å². The van der Waals surface area contributed by atoms with Crippen molar-refractivity contribution < 1.29 is 9.21 Å². The molecule has 0 saturated carbocycles. The molecule has 6 nitrogen and oxygen atoms in total. The number of carbonyl (C=O) groups is 1. The average molecular weight is 411 g/mol. The van der Waals surface area contributed by atoms with Crippen molar-refractivity contribution in [3.8, 4) is 0 Å². The number of benzene rings is 1. The fourth-order valence-corrected chi connectivity index (χ4v) is 4.82. The van der Waals surface area contributed by atoms with Crippen LogP contribution in [0.5, 0.6) is 0 Å². The van der Waals surface area contributed by atoms with Gasteiger partial charge in [0.2, 0.25) is 5.91 Å². The largest absolute Gasteiger partial charge is 0.449 e. The molecule has 1 aromatic carbocycles. The summed E-state index contributed by atoms with van der Waals surface area (Å²) in [5.41, 5.74) is 2.30. The van der Waals surface area contributed by atoms with Gasteiger partial charge in [0.1, 0.15) is 6.26 Å². The molecule has 2 fully saturated rings. The molecule has 0 spiro atoms. The summed E-state index contributed by atoms with van der Waals surface area (Å²) in [6.07, 6.45) is 7.13. The number of amides is 1. The Labute approximate surface area is 179 Å². The summed E-state index contributed by atoms with van der Waals surface area (Å²) in [7, 11) is 0. The first-order valence-corrected chi connectivity index (χ1v) is 11.4. The van der Waals surface area contributed by atoms with Crippen molar-refractivity contribution in [1.82, 2.24) is 20.1 Å². The molecule has 6 heteroatoms. The fourth-order valence-electron chi connectivity index (χ4n) is 4.82. The normalized spacial score (nSPS) is 21.6. The quantitative estimate of drug-likeness (QED) is 0.760. The highest BCUT2D eigenvalue weighted by Gasteiger charge is 2.31. The molecule has 0 unspecified atom stereocenters. The van der Waals surface area contributed by atoms with Crippen molar-refractivity contribution in [3.63, 3.8) is 0 Å². The Kier molecular flexibility index (Phi) is 7.18. The molecule has 4 rings (SSSR count). The summed E-state index contributed by atoms with van der Waals surface area (Å²) in [5.74, 6) is 1.10. The van der Waals surface area contributed by atoms with Gasteiger partial charge in [-0.05, 0) is 44.2 Å². The van der Waals surface area contributed by atoms with E-state index in [0.29, 0.717) is 6.04 Å². The van der Waals surface area contributed by atoms with Crippen LogP contribution in [-0.2, 0) is 17.8 Å². The first-order chi connectivity index (χ1) is 14.7. The van der Waals surface area contributed by atoms with Crippen molar-refractivity contribution >= 4 is 5.91 Å². The van der Waals surface area contributed by atoms with Crippen LogP contribution in [0.25, 0.3) is 0 Å². The van der Waals surface area contributed by atoms with Gasteiger partial charge in [-0.1, -0.05) is 30.3 Å². The number of piperidine rings is 2. The minimum Gasteiger partial charge on any atom is -0.449 e. The van der Waals surface area contributed by atoms with Crippen LogP contribution in [0, 0.1) is 12.8 Å². The molecule has 1 aromatic heterocycles. The van der Waals surface area contributed by atoms with Crippen molar-refractivity contribution in [2.45, 2.75) is 51.6 Å². The highest BCUT2D eigenvalue weighted by Crippen LogP contribution is 2.24. The van der Waals surface area contributed by atoms with Crippen LogP contribution in [0.1, 0.15) is 42.8 Å². The highest BCUT2D eigenvalue weighted by molar-refractivity contribution is 5.79. The van der Waals surface area contributed by atoms with Crippen LogP contribution in [0.4, 0.5) is 0 Å². The topological polar surface area (TPSA) is 61.6 Å². The molecule has 2 aliphatic heterocycles. The Morgan fingerprint density at radius 2 is 1.97 bits per heavy atom. The number of hydrogen-bond donors (Lipinski definition) is 1.